The van der Waals surface area contributed by atoms with Gasteiger partial charge in [0.2, 0.25) is 0 Å². The first-order valence-electron chi connectivity index (χ1n) is 8.38. The molecule has 0 bridgehead atoms. The molecule has 0 spiro atoms. The van der Waals surface area contributed by atoms with Crippen LogP contribution < -0.4 is 10.6 Å². The fraction of sp³-hybridized carbons (Fsp3) is 0.588. The molecule has 6 nitrogen and oxygen atoms in total. The number of nitrogens with zero attached hydrogens (tertiary/aromatic N) is 3. The first-order chi connectivity index (χ1) is 11.5. The molecule has 0 saturated carbocycles. The van der Waals surface area contributed by atoms with Gasteiger partial charge in [-0.3, -0.25) is 0 Å². The predicted molar refractivity (Wildman–Crippen MR) is 98.7 cm³/mol. The number of hydrogen-bond acceptors (Lipinski definition) is 5. The van der Waals surface area contributed by atoms with Crippen LogP contribution in [-0.2, 0) is 13.0 Å². The number of nitrogens with one attached hydrogen (secondary N) is 2. The highest BCUT2D eigenvalue weighted by molar-refractivity contribution is 7.11. The van der Waals surface area contributed by atoms with E-state index in [4.69, 9.17) is 4.52 Å². The molecule has 0 aliphatic carbocycles. The number of hydrogen-bond donors (Lipinski definition) is 2. The predicted octanol–water partition coefficient (Wildman–Crippen LogP) is 3.05. The minimum Gasteiger partial charge on any atom is -0.361 e. The molecule has 24 heavy (non-hydrogen) atoms. The molecule has 2 aromatic rings. The second-order valence-corrected chi connectivity index (χ2v) is 7.07. The number of aliphatic imine (C=N–C) groups is 1. The van der Waals surface area contributed by atoms with Crippen molar-refractivity contribution in [2.45, 2.75) is 54.0 Å². The number of rotatable bonds is 7. The van der Waals surface area contributed by atoms with E-state index in [1.54, 1.807) is 11.3 Å². The second kappa shape index (κ2) is 8.82. The molecule has 7 heteroatoms. The summed E-state index contributed by atoms with van der Waals surface area (Å²) >= 11 is 1.71. The van der Waals surface area contributed by atoms with E-state index in [2.05, 4.69) is 39.6 Å². The minimum atomic E-state index is 0.610. The van der Waals surface area contributed by atoms with E-state index in [0.717, 1.165) is 54.0 Å². The maximum absolute atomic E-state index is 5.20. The molecule has 0 aromatic carbocycles. The molecule has 0 unspecified atom stereocenters. The fourth-order valence-corrected chi connectivity index (χ4v) is 3.28. The Hall–Kier alpha value is -1.89. The molecule has 0 atom stereocenters. The van der Waals surface area contributed by atoms with Crippen molar-refractivity contribution in [1.29, 1.82) is 0 Å². The molecule has 0 amide bonds. The zero-order valence-electron chi connectivity index (χ0n) is 15.2. The Morgan fingerprint density at radius 2 is 1.96 bits per heavy atom. The molecule has 0 saturated heterocycles. The molecule has 0 aliphatic rings. The van der Waals surface area contributed by atoms with Crippen LogP contribution >= 0.6 is 11.3 Å². The summed E-state index contributed by atoms with van der Waals surface area (Å²) in [4.78, 5) is 10.4. The number of aryl methyl sites for hydroxylation is 4. The van der Waals surface area contributed by atoms with Gasteiger partial charge in [0.05, 0.1) is 17.9 Å². The van der Waals surface area contributed by atoms with Crippen LogP contribution in [0.3, 0.4) is 0 Å². The van der Waals surface area contributed by atoms with Crippen molar-refractivity contribution in [3.63, 3.8) is 0 Å². The standard InChI is InChI=1S/C17H27N5OS/c1-6-18-17(20-10-16-21-11(2)14(5)24-16)19-9-7-8-15-12(3)22-23-13(15)4/h6-10H2,1-5H3,(H2,18,19,20). The van der Waals surface area contributed by atoms with Crippen LogP contribution in [0.5, 0.6) is 0 Å². The van der Waals surface area contributed by atoms with Crippen molar-refractivity contribution in [1.82, 2.24) is 20.8 Å². The molecule has 132 valence electrons. The Morgan fingerprint density at radius 1 is 1.17 bits per heavy atom. The Bertz CT molecular complexity index is 650. The van der Waals surface area contributed by atoms with E-state index in [9.17, 15) is 0 Å². The molecule has 2 N–H and O–H groups in total. The van der Waals surface area contributed by atoms with E-state index in [1.165, 1.54) is 10.4 Å². The van der Waals surface area contributed by atoms with Crippen molar-refractivity contribution in [2.75, 3.05) is 13.1 Å². The normalized spacial score (nSPS) is 11.8. The van der Waals surface area contributed by atoms with Gasteiger partial charge in [-0.2, -0.15) is 0 Å². The van der Waals surface area contributed by atoms with Gasteiger partial charge in [-0.15, -0.1) is 11.3 Å². The van der Waals surface area contributed by atoms with Crippen LogP contribution in [0, 0.1) is 27.7 Å². The van der Waals surface area contributed by atoms with Gasteiger partial charge in [-0.25, -0.2) is 9.98 Å². The molecular formula is C17H27N5OS. The van der Waals surface area contributed by atoms with Crippen molar-refractivity contribution in [3.8, 4) is 0 Å². The van der Waals surface area contributed by atoms with Crippen molar-refractivity contribution in [2.24, 2.45) is 4.99 Å². The van der Waals surface area contributed by atoms with Crippen molar-refractivity contribution in [3.05, 3.63) is 32.6 Å². The lowest BCUT2D eigenvalue weighted by molar-refractivity contribution is 0.392. The third-order valence-electron chi connectivity index (χ3n) is 3.87. The third-order valence-corrected chi connectivity index (χ3v) is 4.92. The average molecular weight is 350 g/mol. The third kappa shape index (κ3) is 5.06. The SMILES string of the molecule is CCNC(=NCc1nc(C)c(C)s1)NCCCc1c(C)noc1C. The smallest absolute Gasteiger partial charge is 0.191 e. The van der Waals surface area contributed by atoms with Gasteiger partial charge in [0.15, 0.2) is 5.96 Å². The summed E-state index contributed by atoms with van der Waals surface area (Å²) in [7, 11) is 0. The van der Waals surface area contributed by atoms with Gasteiger partial charge >= 0.3 is 0 Å². The Balaban J connectivity index is 1.83. The Morgan fingerprint density at radius 3 is 2.54 bits per heavy atom. The van der Waals surface area contributed by atoms with Crippen molar-refractivity contribution >= 4 is 17.3 Å². The largest absolute Gasteiger partial charge is 0.361 e. The zero-order chi connectivity index (χ0) is 17.5. The summed E-state index contributed by atoms with van der Waals surface area (Å²) in [6.07, 6.45) is 1.96. The van der Waals surface area contributed by atoms with Gasteiger partial charge in [0.25, 0.3) is 0 Å². The number of aromatic nitrogens is 2. The van der Waals surface area contributed by atoms with E-state index in [1.807, 2.05) is 20.8 Å². The lowest BCUT2D eigenvalue weighted by Crippen LogP contribution is -2.37. The molecule has 0 radical (unpaired) electrons. The van der Waals surface area contributed by atoms with Crippen molar-refractivity contribution < 1.29 is 4.52 Å². The second-order valence-electron chi connectivity index (χ2n) is 5.78. The van der Waals surface area contributed by atoms with Crippen LogP contribution in [0.4, 0.5) is 0 Å². The molecule has 2 heterocycles. The fourth-order valence-electron chi connectivity index (χ4n) is 2.43. The van der Waals surface area contributed by atoms with Crippen LogP contribution in [0.2, 0.25) is 0 Å². The summed E-state index contributed by atoms with van der Waals surface area (Å²) in [6.45, 7) is 12.5. The summed E-state index contributed by atoms with van der Waals surface area (Å²) < 4.78 is 5.20. The first-order valence-corrected chi connectivity index (χ1v) is 9.19. The summed E-state index contributed by atoms with van der Waals surface area (Å²) in [6, 6.07) is 0. The van der Waals surface area contributed by atoms with Gasteiger partial charge < -0.3 is 15.2 Å². The average Bonchev–Trinajstić information content (AvgIpc) is 3.04. The van der Waals surface area contributed by atoms with Crippen LogP contribution in [0.15, 0.2) is 9.52 Å². The Labute approximate surface area is 147 Å². The molecule has 0 fully saturated rings. The monoisotopic (exact) mass is 349 g/mol. The zero-order valence-corrected chi connectivity index (χ0v) is 16.0. The topological polar surface area (TPSA) is 75.3 Å². The summed E-state index contributed by atoms with van der Waals surface area (Å²) in [5.41, 5.74) is 3.30. The van der Waals surface area contributed by atoms with Crippen LogP contribution in [0.25, 0.3) is 0 Å². The highest BCUT2D eigenvalue weighted by Crippen LogP contribution is 2.17. The summed E-state index contributed by atoms with van der Waals surface area (Å²) in [5.74, 6) is 1.75. The van der Waals surface area contributed by atoms with Gasteiger partial charge in [0.1, 0.15) is 10.8 Å². The molecule has 2 aromatic heterocycles. The highest BCUT2D eigenvalue weighted by atomic mass is 32.1. The first kappa shape index (κ1) is 18.4. The quantitative estimate of drug-likeness (QED) is 0.456. The maximum Gasteiger partial charge on any atom is 0.191 e. The van der Waals surface area contributed by atoms with E-state index < -0.39 is 0 Å². The maximum atomic E-state index is 5.20. The van der Waals surface area contributed by atoms with E-state index >= 15 is 0 Å². The number of thiazole rings is 1. The number of guanidine groups is 1. The lowest BCUT2D eigenvalue weighted by Gasteiger charge is -2.10. The molecule has 0 aliphatic heterocycles. The molecular weight excluding hydrogens is 322 g/mol. The van der Waals surface area contributed by atoms with Crippen LogP contribution in [-0.4, -0.2) is 29.2 Å². The molecule has 2 rings (SSSR count). The van der Waals surface area contributed by atoms with Crippen LogP contribution in [0.1, 0.15) is 45.9 Å². The Kier molecular flexibility index (Phi) is 6.78. The van der Waals surface area contributed by atoms with E-state index in [0.29, 0.717) is 6.54 Å². The summed E-state index contributed by atoms with van der Waals surface area (Å²) in [5, 5.41) is 11.7. The van der Waals surface area contributed by atoms with Gasteiger partial charge in [-0.1, -0.05) is 5.16 Å². The lowest BCUT2D eigenvalue weighted by atomic mass is 10.1. The van der Waals surface area contributed by atoms with Gasteiger partial charge in [0, 0.05) is 23.5 Å². The highest BCUT2D eigenvalue weighted by Gasteiger charge is 2.08. The van der Waals surface area contributed by atoms with E-state index in [-0.39, 0.29) is 0 Å². The van der Waals surface area contributed by atoms with Gasteiger partial charge in [-0.05, 0) is 47.5 Å². The minimum absolute atomic E-state index is 0.610.